The molecule has 4 rings (SSSR count). The molecule has 6 nitrogen and oxygen atoms in total. The molecule has 0 bridgehead atoms. The Morgan fingerprint density at radius 2 is 1.38 bits per heavy atom. The summed E-state index contributed by atoms with van der Waals surface area (Å²) in [4.78, 5) is 37.2. The SMILES string of the molecule is O=C(c1ccc(-c2ccccc2)cc1)N1CCCN(C(=O)c2cnccn2)CC1. The van der Waals surface area contributed by atoms with Crippen molar-refractivity contribution in [2.24, 2.45) is 0 Å². The van der Waals surface area contributed by atoms with Crippen LogP contribution in [0.3, 0.4) is 0 Å². The molecule has 2 amide bonds. The summed E-state index contributed by atoms with van der Waals surface area (Å²) in [5, 5.41) is 0. The van der Waals surface area contributed by atoms with Gasteiger partial charge in [-0.3, -0.25) is 14.6 Å². The first-order chi connectivity index (χ1) is 14.2. The first-order valence-corrected chi connectivity index (χ1v) is 9.72. The van der Waals surface area contributed by atoms with E-state index in [9.17, 15) is 9.59 Å². The normalized spacial score (nSPS) is 14.3. The summed E-state index contributed by atoms with van der Waals surface area (Å²) in [7, 11) is 0. The van der Waals surface area contributed by atoms with E-state index in [1.165, 1.54) is 12.4 Å². The number of carbonyl (C=O) groups is 2. The molecule has 6 heteroatoms. The lowest BCUT2D eigenvalue weighted by atomic mass is 10.0. The predicted molar refractivity (Wildman–Crippen MR) is 110 cm³/mol. The minimum Gasteiger partial charge on any atom is -0.337 e. The predicted octanol–water partition coefficient (Wildman–Crippen LogP) is 3.13. The zero-order valence-electron chi connectivity index (χ0n) is 16.1. The number of hydrogen-bond acceptors (Lipinski definition) is 4. The number of benzene rings is 2. The molecular formula is C23H22N4O2. The molecule has 0 aliphatic carbocycles. The molecule has 1 aliphatic rings. The van der Waals surface area contributed by atoms with E-state index in [0.29, 0.717) is 37.4 Å². The lowest BCUT2D eigenvalue weighted by molar-refractivity contribution is 0.0715. The third-order valence-electron chi connectivity index (χ3n) is 5.09. The van der Waals surface area contributed by atoms with Gasteiger partial charge in [0.15, 0.2) is 0 Å². The van der Waals surface area contributed by atoms with Crippen molar-refractivity contribution in [3.63, 3.8) is 0 Å². The summed E-state index contributed by atoms with van der Waals surface area (Å²) in [6.45, 7) is 2.23. The summed E-state index contributed by atoms with van der Waals surface area (Å²) in [5.41, 5.74) is 3.21. The fraction of sp³-hybridized carbons (Fsp3) is 0.217. The van der Waals surface area contributed by atoms with E-state index in [1.54, 1.807) is 11.1 Å². The second-order valence-corrected chi connectivity index (χ2v) is 6.97. The molecule has 1 fully saturated rings. The van der Waals surface area contributed by atoms with Gasteiger partial charge in [0.25, 0.3) is 11.8 Å². The van der Waals surface area contributed by atoms with E-state index in [1.807, 2.05) is 59.5 Å². The van der Waals surface area contributed by atoms with Crippen LogP contribution in [0.2, 0.25) is 0 Å². The van der Waals surface area contributed by atoms with E-state index < -0.39 is 0 Å². The molecule has 1 saturated heterocycles. The lowest BCUT2D eigenvalue weighted by Gasteiger charge is -2.22. The van der Waals surface area contributed by atoms with E-state index in [2.05, 4.69) is 9.97 Å². The standard InChI is InChI=1S/C23H22N4O2/c28-22(20-9-7-19(8-10-20)18-5-2-1-3-6-18)26-13-4-14-27(16-15-26)23(29)21-17-24-11-12-25-21/h1-3,5-12,17H,4,13-16H2. The maximum absolute atomic E-state index is 12.9. The highest BCUT2D eigenvalue weighted by Gasteiger charge is 2.24. The molecule has 0 atom stereocenters. The molecule has 0 spiro atoms. The van der Waals surface area contributed by atoms with Crippen LogP contribution < -0.4 is 0 Å². The van der Waals surface area contributed by atoms with Crippen LogP contribution in [-0.2, 0) is 0 Å². The molecule has 0 unspecified atom stereocenters. The Bertz CT molecular complexity index is 975. The summed E-state index contributed by atoms with van der Waals surface area (Å²) in [5.74, 6) is -0.141. The van der Waals surface area contributed by atoms with Gasteiger partial charge in [-0.05, 0) is 29.7 Å². The quantitative estimate of drug-likeness (QED) is 0.694. The molecule has 3 aromatic rings. The van der Waals surface area contributed by atoms with Crippen molar-refractivity contribution in [1.82, 2.24) is 19.8 Å². The summed E-state index contributed by atoms with van der Waals surface area (Å²) < 4.78 is 0. The van der Waals surface area contributed by atoms with Crippen molar-refractivity contribution in [3.8, 4) is 11.1 Å². The highest BCUT2D eigenvalue weighted by atomic mass is 16.2. The summed E-state index contributed by atoms with van der Waals surface area (Å²) in [6.07, 6.45) is 5.27. The number of aromatic nitrogens is 2. The fourth-order valence-electron chi connectivity index (χ4n) is 3.51. The van der Waals surface area contributed by atoms with Crippen LogP contribution in [0.4, 0.5) is 0 Å². The van der Waals surface area contributed by atoms with Gasteiger partial charge in [0.1, 0.15) is 5.69 Å². The average molecular weight is 386 g/mol. The average Bonchev–Trinajstić information content (AvgIpc) is 3.06. The molecule has 0 N–H and O–H groups in total. The number of nitrogens with zero attached hydrogens (tertiary/aromatic N) is 4. The van der Waals surface area contributed by atoms with E-state index in [-0.39, 0.29) is 11.8 Å². The Hall–Kier alpha value is -3.54. The van der Waals surface area contributed by atoms with E-state index >= 15 is 0 Å². The van der Waals surface area contributed by atoms with Crippen LogP contribution >= 0.6 is 0 Å². The van der Waals surface area contributed by atoms with Gasteiger partial charge in [0.2, 0.25) is 0 Å². The van der Waals surface area contributed by atoms with Crippen molar-refractivity contribution in [3.05, 3.63) is 84.4 Å². The van der Waals surface area contributed by atoms with Crippen molar-refractivity contribution in [1.29, 1.82) is 0 Å². The summed E-state index contributed by atoms with van der Waals surface area (Å²) in [6, 6.07) is 17.8. The Morgan fingerprint density at radius 3 is 2.03 bits per heavy atom. The third kappa shape index (κ3) is 4.32. The molecule has 29 heavy (non-hydrogen) atoms. The molecule has 146 valence electrons. The monoisotopic (exact) mass is 386 g/mol. The Labute approximate surface area is 169 Å². The first-order valence-electron chi connectivity index (χ1n) is 9.72. The minimum atomic E-state index is -0.139. The third-order valence-corrected chi connectivity index (χ3v) is 5.09. The molecule has 2 aromatic carbocycles. The second kappa shape index (κ2) is 8.65. The van der Waals surface area contributed by atoms with Crippen LogP contribution in [-0.4, -0.2) is 57.8 Å². The number of hydrogen-bond donors (Lipinski definition) is 0. The van der Waals surface area contributed by atoms with Crippen molar-refractivity contribution < 1.29 is 9.59 Å². The molecule has 1 aliphatic heterocycles. The molecule has 0 saturated carbocycles. The largest absolute Gasteiger partial charge is 0.337 e. The van der Waals surface area contributed by atoms with Crippen LogP contribution in [0.15, 0.2) is 73.2 Å². The van der Waals surface area contributed by atoms with Gasteiger partial charge in [-0.2, -0.15) is 0 Å². The number of rotatable bonds is 3. The topological polar surface area (TPSA) is 66.4 Å². The first kappa shape index (κ1) is 18.8. The Morgan fingerprint density at radius 1 is 0.724 bits per heavy atom. The Balaban J connectivity index is 1.41. The van der Waals surface area contributed by atoms with Gasteiger partial charge in [0, 0.05) is 44.1 Å². The van der Waals surface area contributed by atoms with E-state index in [0.717, 1.165) is 17.5 Å². The Kier molecular flexibility index (Phi) is 5.61. The van der Waals surface area contributed by atoms with Gasteiger partial charge in [-0.25, -0.2) is 4.98 Å². The lowest BCUT2D eigenvalue weighted by Crippen LogP contribution is -2.37. The molecule has 2 heterocycles. The van der Waals surface area contributed by atoms with E-state index in [4.69, 9.17) is 0 Å². The fourth-order valence-corrected chi connectivity index (χ4v) is 3.51. The minimum absolute atomic E-state index is 0.00147. The second-order valence-electron chi connectivity index (χ2n) is 6.97. The van der Waals surface area contributed by atoms with Gasteiger partial charge in [0.05, 0.1) is 6.20 Å². The molecular weight excluding hydrogens is 364 g/mol. The van der Waals surface area contributed by atoms with Gasteiger partial charge < -0.3 is 9.80 Å². The zero-order valence-corrected chi connectivity index (χ0v) is 16.1. The molecule has 1 aromatic heterocycles. The van der Waals surface area contributed by atoms with Gasteiger partial charge in [-0.1, -0.05) is 42.5 Å². The van der Waals surface area contributed by atoms with Crippen LogP contribution in [0, 0.1) is 0 Å². The highest BCUT2D eigenvalue weighted by Crippen LogP contribution is 2.20. The zero-order chi connectivity index (χ0) is 20.1. The van der Waals surface area contributed by atoms with Crippen LogP contribution in [0.5, 0.6) is 0 Å². The van der Waals surface area contributed by atoms with Gasteiger partial charge >= 0.3 is 0 Å². The number of carbonyl (C=O) groups excluding carboxylic acids is 2. The van der Waals surface area contributed by atoms with Crippen molar-refractivity contribution >= 4 is 11.8 Å². The van der Waals surface area contributed by atoms with Crippen molar-refractivity contribution in [2.75, 3.05) is 26.2 Å². The maximum atomic E-state index is 12.9. The highest BCUT2D eigenvalue weighted by molar-refractivity contribution is 5.95. The van der Waals surface area contributed by atoms with Crippen LogP contribution in [0.1, 0.15) is 27.3 Å². The maximum Gasteiger partial charge on any atom is 0.274 e. The molecule has 0 radical (unpaired) electrons. The van der Waals surface area contributed by atoms with Crippen LogP contribution in [0.25, 0.3) is 11.1 Å². The number of amides is 2. The van der Waals surface area contributed by atoms with Gasteiger partial charge in [-0.15, -0.1) is 0 Å². The smallest absolute Gasteiger partial charge is 0.274 e. The summed E-state index contributed by atoms with van der Waals surface area (Å²) >= 11 is 0. The van der Waals surface area contributed by atoms with Crippen molar-refractivity contribution in [2.45, 2.75) is 6.42 Å².